The summed E-state index contributed by atoms with van der Waals surface area (Å²) in [5.74, 6) is 0. The van der Waals surface area contributed by atoms with Crippen molar-refractivity contribution in [2.45, 2.75) is 24.2 Å². The van der Waals surface area contributed by atoms with Gasteiger partial charge in [-0.3, -0.25) is 5.41 Å². The van der Waals surface area contributed by atoms with Crippen LogP contribution in [-0.4, -0.2) is 34.3 Å². The zero-order valence-electron chi connectivity index (χ0n) is 7.04. The van der Waals surface area contributed by atoms with Crippen LogP contribution in [0.4, 0.5) is 0 Å². The normalized spacial score (nSPS) is 36.3. The molecule has 1 aliphatic heterocycles. The molecule has 12 heavy (non-hydrogen) atoms. The van der Waals surface area contributed by atoms with Crippen LogP contribution in [0.2, 0.25) is 0 Å². The summed E-state index contributed by atoms with van der Waals surface area (Å²) in [6, 6.07) is 0. The van der Waals surface area contributed by atoms with E-state index in [1.165, 1.54) is 11.8 Å². The van der Waals surface area contributed by atoms with E-state index in [9.17, 15) is 5.11 Å². The van der Waals surface area contributed by atoms with E-state index in [4.69, 9.17) is 15.9 Å². The minimum Gasteiger partial charge on any atom is -0.389 e. The maximum Gasteiger partial charge on any atom is 0.151 e. The molecule has 0 amide bonds. The van der Waals surface area contributed by atoms with Gasteiger partial charge in [-0.05, 0) is 6.92 Å². The Bertz CT molecular complexity index is 184. The minimum absolute atomic E-state index is 0.0331. The lowest BCUT2D eigenvalue weighted by atomic mass is 9.97. The minimum atomic E-state index is -0.755. The first kappa shape index (κ1) is 9.83. The average Bonchev–Trinajstić information content (AvgIpc) is 1.92. The van der Waals surface area contributed by atoms with E-state index in [-0.39, 0.29) is 10.4 Å². The molecule has 4 N–H and O–H groups in total. The van der Waals surface area contributed by atoms with Crippen LogP contribution < -0.4 is 5.73 Å². The van der Waals surface area contributed by atoms with Gasteiger partial charge >= 0.3 is 0 Å². The predicted molar refractivity (Wildman–Crippen MR) is 49.4 cm³/mol. The van der Waals surface area contributed by atoms with Gasteiger partial charge in [-0.15, -0.1) is 0 Å². The summed E-state index contributed by atoms with van der Waals surface area (Å²) in [7, 11) is 0. The second-order valence-corrected chi connectivity index (χ2v) is 4.40. The molecule has 0 bridgehead atoms. The van der Waals surface area contributed by atoms with Crippen molar-refractivity contribution in [3.63, 3.8) is 0 Å². The van der Waals surface area contributed by atoms with Crippen LogP contribution in [0.25, 0.3) is 0 Å². The van der Waals surface area contributed by atoms with Crippen LogP contribution in [0.3, 0.4) is 0 Å². The molecule has 4 nitrogen and oxygen atoms in total. The maximum atomic E-state index is 9.83. The van der Waals surface area contributed by atoms with Gasteiger partial charge in [0.05, 0.1) is 17.5 Å². The van der Waals surface area contributed by atoms with Gasteiger partial charge in [0.15, 0.2) is 5.17 Å². The molecule has 1 heterocycles. The molecule has 1 saturated heterocycles. The summed E-state index contributed by atoms with van der Waals surface area (Å²) in [5.41, 5.74) is 4.47. The molecule has 2 atom stereocenters. The van der Waals surface area contributed by atoms with Gasteiger partial charge in [0.25, 0.3) is 0 Å². The topological polar surface area (TPSA) is 79.3 Å². The van der Waals surface area contributed by atoms with Crippen molar-refractivity contribution in [1.82, 2.24) is 0 Å². The molecule has 0 saturated carbocycles. The third-order valence-electron chi connectivity index (χ3n) is 1.98. The SMILES string of the molecule is C[C@]1(O)CCOC[C@@H]1SC(=N)N. The number of aliphatic hydroxyl groups is 1. The van der Waals surface area contributed by atoms with E-state index in [1.54, 1.807) is 6.92 Å². The van der Waals surface area contributed by atoms with Crippen molar-refractivity contribution >= 4 is 16.9 Å². The highest BCUT2D eigenvalue weighted by Gasteiger charge is 2.36. The van der Waals surface area contributed by atoms with Crippen molar-refractivity contribution in [3.8, 4) is 0 Å². The second kappa shape index (κ2) is 3.64. The Balaban J connectivity index is 2.54. The van der Waals surface area contributed by atoms with Gasteiger partial charge < -0.3 is 15.6 Å². The summed E-state index contributed by atoms with van der Waals surface area (Å²) >= 11 is 1.17. The lowest BCUT2D eigenvalue weighted by Crippen LogP contribution is -2.46. The number of ether oxygens (including phenoxy) is 1. The molecule has 0 aromatic carbocycles. The molecule has 5 heteroatoms. The molecule has 0 unspecified atom stereocenters. The molecule has 0 radical (unpaired) electrons. The smallest absolute Gasteiger partial charge is 0.151 e. The van der Waals surface area contributed by atoms with Crippen molar-refractivity contribution in [1.29, 1.82) is 5.41 Å². The Morgan fingerprint density at radius 1 is 1.83 bits per heavy atom. The molecule has 1 rings (SSSR count). The fraction of sp³-hybridized carbons (Fsp3) is 0.857. The predicted octanol–water partition coefficient (Wildman–Crippen LogP) is 0.153. The van der Waals surface area contributed by atoms with Crippen LogP contribution in [0, 0.1) is 5.41 Å². The quantitative estimate of drug-likeness (QED) is 0.406. The molecule has 0 aliphatic carbocycles. The average molecular weight is 190 g/mol. The Hall–Kier alpha value is -0.260. The van der Waals surface area contributed by atoms with E-state index in [0.717, 1.165) is 0 Å². The first-order valence-corrected chi connectivity index (χ1v) is 4.71. The number of nitrogens with two attached hydrogens (primary N) is 1. The monoisotopic (exact) mass is 190 g/mol. The molecule has 0 aromatic rings. The number of rotatable bonds is 1. The lowest BCUT2D eigenvalue weighted by molar-refractivity contribution is -0.0439. The number of hydrogen-bond donors (Lipinski definition) is 3. The Labute approximate surface area is 76.0 Å². The number of hydrogen-bond acceptors (Lipinski definition) is 4. The van der Waals surface area contributed by atoms with Crippen LogP contribution in [0.15, 0.2) is 0 Å². The number of thioether (sulfide) groups is 1. The zero-order chi connectivity index (χ0) is 9.19. The zero-order valence-corrected chi connectivity index (χ0v) is 7.86. The second-order valence-electron chi connectivity index (χ2n) is 3.15. The van der Waals surface area contributed by atoms with E-state index < -0.39 is 5.60 Å². The van der Waals surface area contributed by atoms with E-state index in [2.05, 4.69) is 0 Å². The Kier molecular flexibility index (Phi) is 2.98. The van der Waals surface area contributed by atoms with Crippen molar-refractivity contribution in [3.05, 3.63) is 0 Å². The molecule has 1 fully saturated rings. The molecule has 1 aliphatic rings. The van der Waals surface area contributed by atoms with E-state index in [1.807, 2.05) is 0 Å². The van der Waals surface area contributed by atoms with Crippen molar-refractivity contribution in [2.24, 2.45) is 5.73 Å². The van der Waals surface area contributed by atoms with Gasteiger partial charge in [0, 0.05) is 13.0 Å². The molecule has 0 aromatic heterocycles. The van der Waals surface area contributed by atoms with Crippen LogP contribution >= 0.6 is 11.8 Å². The standard InChI is InChI=1S/C7H14N2O2S/c1-7(10)2-3-11-4-5(7)12-6(8)9/h5,10H,2-4H2,1H3,(H3,8,9)/t5-,7-/m0/s1. The fourth-order valence-corrected chi connectivity index (χ4v) is 1.97. The van der Waals surface area contributed by atoms with Gasteiger partial charge in [0.2, 0.25) is 0 Å². The summed E-state index contributed by atoms with van der Waals surface area (Å²) < 4.78 is 5.19. The van der Waals surface area contributed by atoms with Gasteiger partial charge in [-0.25, -0.2) is 0 Å². The summed E-state index contributed by atoms with van der Waals surface area (Å²) in [6.07, 6.45) is 0.609. The summed E-state index contributed by atoms with van der Waals surface area (Å²) in [4.78, 5) is 0. The van der Waals surface area contributed by atoms with E-state index in [0.29, 0.717) is 19.6 Å². The number of amidine groups is 1. The molecule has 70 valence electrons. The Morgan fingerprint density at radius 3 is 3.00 bits per heavy atom. The van der Waals surface area contributed by atoms with Gasteiger partial charge in [-0.2, -0.15) is 0 Å². The molecular formula is C7H14N2O2S. The molecule has 0 spiro atoms. The lowest BCUT2D eigenvalue weighted by Gasteiger charge is -2.35. The highest BCUT2D eigenvalue weighted by molar-refractivity contribution is 8.14. The van der Waals surface area contributed by atoms with Crippen LogP contribution in [0.1, 0.15) is 13.3 Å². The largest absolute Gasteiger partial charge is 0.389 e. The molecular weight excluding hydrogens is 176 g/mol. The third kappa shape index (κ3) is 2.36. The highest BCUT2D eigenvalue weighted by Crippen LogP contribution is 2.29. The summed E-state index contributed by atoms with van der Waals surface area (Å²) in [6.45, 7) is 2.81. The fourth-order valence-electron chi connectivity index (χ4n) is 1.12. The van der Waals surface area contributed by atoms with Crippen LogP contribution in [-0.2, 0) is 4.74 Å². The van der Waals surface area contributed by atoms with Gasteiger partial charge in [0.1, 0.15) is 0 Å². The maximum absolute atomic E-state index is 9.83. The van der Waals surface area contributed by atoms with Crippen LogP contribution in [0.5, 0.6) is 0 Å². The summed E-state index contributed by atoms with van der Waals surface area (Å²) in [5, 5.41) is 16.8. The van der Waals surface area contributed by atoms with Crippen molar-refractivity contribution < 1.29 is 9.84 Å². The third-order valence-corrected chi connectivity index (χ3v) is 3.17. The van der Waals surface area contributed by atoms with Crippen molar-refractivity contribution in [2.75, 3.05) is 13.2 Å². The Morgan fingerprint density at radius 2 is 2.50 bits per heavy atom. The van der Waals surface area contributed by atoms with E-state index >= 15 is 0 Å². The first-order valence-electron chi connectivity index (χ1n) is 3.83. The number of nitrogens with one attached hydrogen (secondary N) is 1. The first-order chi connectivity index (χ1) is 5.52. The van der Waals surface area contributed by atoms with Gasteiger partial charge in [-0.1, -0.05) is 11.8 Å². The highest BCUT2D eigenvalue weighted by atomic mass is 32.2.